The molecule has 0 radical (unpaired) electrons. The van der Waals surface area contributed by atoms with Crippen LogP contribution in [0.2, 0.25) is 0 Å². The van der Waals surface area contributed by atoms with Crippen LogP contribution in [0.4, 0.5) is 10.1 Å². The Morgan fingerprint density at radius 3 is 2.49 bits per heavy atom. The highest BCUT2D eigenvalue weighted by molar-refractivity contribution is 7.92. The SMILES string of the molecule is O=C(NCc1cccc(OCc2ccccn2)c1)c1cccc(S(=O)(=O)Nc2ccc(F)cc2)c1. The molecule has 4 aromatic rings. The van der Waals surface area contributed by atoms with Crippen LogP contribution in [0, 0.1) is 5.82 Å². The van der Waals surface area contributed by atoms with Crippen LogP contribution >= 0.6 is 0 Å². The number of ether oxygens (including phenoxy) is 1. The van der Waals surface area contributed by atoms with Gasteiger partial charge in [0.2, 0.25) is 0 Å². The Kier molecular flexibility index (Phi) is 7.37. The maximum absolute atomic E-state index is 13.1. The molecule has 1 aromatic heterocycles. The maximum Gasteiger partial charge on any atom is 0.261 e. The van der Waals surface area contributed by atoms with Crippen molar-refractivity contribution in [1.82, 2.24) is 10.3 Å². The zero-order valence-corrected chi connectivity index (χ0v) is 19.3. The van der Waals surface area contributed by atoms with Gasteiger partial charge in [-0.15, -0.1) is 0 Å². The minimum atomic E-state index is -3.96. The Morgan fingerprint density at radius 1 is 0.914 bits per heavy atom. The predicted octanol–water partition coefficient (Wildman–Crippen LogP) is 4.53. The molecule has 0 atom stereocenters. The van der Waals surface area contributed by atoms with Crippen molar-refractivity contribution in [3.05, 3.63) is 120 Å². The Labute approximate surface area is 202 Å². The lowest BCUT2D eigenvalue weighted by Crippen LogP contribution is -2.23. The number of carbonyl (C=O) groups excluding carboxylic acids is 1. The Hall–Kier alpha value is -4.24. The number of hydrogen-bond donors (Lipinski definition) is 2. The van der Waals surface area contributed by atoms with Gasteiger partial charge in [0.1, 0.15) is 18.2 Å². The molecule has 2 N–H and O–H groups in total. The number of amides is 1. The quantitative estimate of drug-likeness (QED) is 0.359. The van der Waals surface area contributed by atoms with Gasteiger partial charge in [-0.05, 0) is 72.3 Å². The molecule has 0 unspecified atom stereocenters. The van der Waals surface area contributed by atoms with Crippen LogP contribution in [0.25, 0.3) is 0 Å². The van der Waals surface area contributed by atoms with E-state index in [4.69, 9.17) is 4.74 Å². The second-order valence-electron chi connectivity index (χ2n) is 7.58. The number of benzene rings is 3. The normalized spacial score (nSPS) is 11.0. The average molecular weight is 492 g/mol. The van der Waals surface area contributed by atoms with Gasteiger partial charge in [-0.2, -0.15) is 0 Å². The highest BCUT2D eigenvalue weighted by Crippen LogP contribution is 2.18. The number of aromatic nitrogens is 1. The third-order valence-electron chi connectivity index (χ3n) is 4.97. The lowest BCUT2D eigenvalue weighted by molar-refractivity contribution is 0.0950. The Bertz CT molecular complexity index is 1410. The predicted molar refractivity (Wildman–Crippen MR) is 130 cm³/mol. The van der Waals surface area contributed by atoms with E-state index in [1.54, 1.807) is 6.20 Å². The minimum Gasteiger partial charge on any atom is -0.487 e. The third kappa shape index (κ3) is 6.64. The average Bonchev–Trinajstić information content (AvgIpc) is 2.88. The van der Waals surface area contributed by atoms with Crippen molar-refractivity contribution >= 4 is 21.6 Å². The first-order valence-electron chi connectivity index (χ1n) is 10.7. The van der Waals surface area contributed by atoms with Gasteiger partial charge in [0.15, 0.2) is 0 Å². The van der Waals surface area contributed by atoms with Gasteiger partial charge in [0.25, 0.3) is 15.9 Å². The van der Waals surface area contributed by atoms with E-state index in [0.717, 1.165) is 23.4 Å². The summed E-state index contributed by atoms with van der Waals surface area (Å²) in [5, 5.41) is 2.79. The van der Waals surface area contributed by atoms with Crippen LogP contribution < -0.4 is 14.8 Å². The van der Waals surface area contributed by atoms with Crippen LogP contribution in [0.3, 0.4) is 0 Å². The first kappa shape index (κ1) is 23.9. The van der Waals surface area contributed by atoms with Crippen LogP contribution in [0.1, 0.15) is 21.6 Å². The molecule has 9 heteroatoms. The summed E-state index contributed by atoms with van der Waals surface area (Å²) in [5.74, 6) is -0.261. The first-order chi connectivity index (χ1) is 16.9. The molecule has 4 rings (SSSR count). The summed E-state index contributed by atoms with van der Waals surface area (Å²) in [7, 11) is -3.96. The molecule has 0 aliphatic carbocycles. The lowest BCUT2D eigenvalue weighted by Gasteiger charge is -2.11. The first-order valence-corrected chi connectivity index (χ1v) is 12.2. The van der Waals surface area contributed by atoms with Crippen molar-refractivity contribution in [1.29, 1.82) is 0 Å². The van der Waals surface area contributed by atoms with Gasteiger partial charge >= 0.3 is 0 Å². The smallest absolute Gasteiger partial charge is 0.261 e. The Morgan fingerprint density at radius 2 is 1.71 bits per heavy atom. The summed E-state index contributed by atoms with van der Waals surface area (Å²) in [6.45, 7) is 0.550. The third-order valence-corrected chi connectivity index (χ3v) is 6.35. The number of hydrogen-bond acceptors (Lipinski definition) is 5. The maximum atomic E-state index is 13.1. The number of carbonyl (C=O) groups is 1. The van der Waals surface area contributed by atoms with Gasteiger partial charge in [0.05, 0.1) is 10.6 Å². The summed E-state index contributed by atoms with van der Waals surface area (Å²) < 4.78 is 46.6. The summed E-state index contributed by atoms with van der Waals surface area (Å²) in [5.41, 5.74) is 2.02. The minimum absolute atomic E-state index is 0.0839. The molecule has 0 aliphatic rings. The summed E-state index contributed by atoms with van der Waals surface area (Å²) in [6.07, 6.45) is 1.70. The zero-order valence-electron chi connectivity index (χ0n) is 18.5. The van der Waals surface area contributed by atoms with Gasteiger partial charge in [-0.3, -0.25) is 14.5 Å². The van der Waals surface area contributed by atoms with Gasteiger partial charge < -0.3 is 10.1 Å². The molecule has 7 nitrogen and oxygen atoms in total. The molecule has 0 aliphatic heterocycles. The van der Waals surface area contributed by atoms with Gasteiger partial charge in [0, 0.05) is 24.0 Å². The number of anilines is 1. The van der Waals surface area contributed by atoms with E-state index in [1.165, 1.54) is 36.4 Å². The van der Waals surface area contributed by atoms with Crippen molar-refractivity contribution in [2.45, 2.75) is 18.0 Å². The van der Waals surface area contributed by atoms with Crippen LogP contribution in [0.5, 0.6) is 5.75 Å². The summed E-state index contributed by atoms with van der Waals surface area (Å²) in [4.78, 5) is 16.8. The van der Waals surface area contributed by atoms with Crippen molar-refractivity contribution in [2.24, 2.45) is 0 Å². The largest absolute Gasteiger partial charge is 0.487 e. The monoisotopic (exact) mass is 491 g/mol. The molecule has 0 spiro atoms. The number of pyridine rings is 1. The van der Waals surface area contributed by atoms with Crippen molar-refractivity contribution < 1.29 is 22.3 Å². The van der Waals surface area contributed by atoms with E-state index in [2.05, 4.69) is 15.0 Å². The molecule has 3 aromatic carbocycles. The summed E-state index contributed by atoms with van der Waals surface area (Å²) >= 11 is 0. The second kappa shape index (κ2) is 10.8. The molecule has 1 amide bonds. The molecule has 0 bridgehead atoms. The lowest BCUT2D eigenvalue weighted by atomic mass is 10.2. The molecule has 178 valence electrons. The fourth-order valence-electron chi connectivity index (χ4n) is 3.21. The van der Waals surface area contributed by atoms with Gasteiger partial charge in [-0.25, -0.2) is 12.8 Å². The number of rotatable bonds is 9. The fourth-order valence-corrected chi connectivity index (χ4v) is 4.31. The Balaban J connectivity index is 1.38. The molecular formula is C26H22FN3O4S. The van der Waals surface area contributed by atoms with E-state index in [9.17, 15) is 17.6 Å². The molecule has 0 saturated carbocycles. The van der Waals surface area contributed by atoms with Crippen LogP contribution in [-0.2, 0) is 23.2 Å². The highest BCUT2D eigenvalue weighted by Gasteiger charge is 2.17. The molecular weight excluding hydrogens is 469 g/mol. The van der Waals surface area contributed by atoms with E-state index < -0.39 is 21.7 Å². The van der Waals surface area contributed by atoms with Gasteiger partial charge in [-0.1, -0.05) is 24.3 Å². The second-order valence-corrected chi connectivity index (χ2v) is 9.26. The van der Waals surface area contributed by atoms with E-state index in [1.807, 2.05) is 42.5 Å². The highest BCUT2D eigenvalue weighted by atomic mass is 32.2. The van der Waals surface area contributed by atoms with Crippen LogP contribution in [-0.4, -0.2) is 19.3 Å². The fraction of sp³-hybridized carbons (Fsp3) is 0.0769. The zero-order chi connectivity index (χ0) is 24.7. The van der Waals surface area contributed by atoms with Crippen LogP contribution in [0.15, 0.2) is 102 Å². The van der Waals surface area contributed by atoms with E-state index in [-0.39, 0.29) is 22.7 Å². The van der Waals surface area contributed by atoms with E-state index in [0.29, 0.717) is 12.4 Å². The number of nitrogens with zero attached hydrogens (tertiary/aromatic N) is 1. The summed E-state index contributed by atoms with van der Waals surface area (Å²) in [6, 6.07) is 23.5. The van der Waals surface area contributed by atoms with Crippen molar-refractivity contribution in [3.8, 4) is 5.75 Å². The number of halogens is 1. The molecule has 0 fully saturated rings. The molecule has 0 saturated heterocycles. The van der Waals surface area contributed by atoms with E-state index >= 15 is 0 Å². The molecule has 1 heterocycles. The number of nitrogens with one attached hydrogen (secondary N) is 2. The standard InChI is InChI=1S/C26H22FN3O4S/c27-21-10-12-22(13-11-21)30-35(32,33)25-9-4-6-20(16-25)26(31)29-17-19-5-3-8-24(15-19)34-18-23-7-1-2-14-28-23/h1-16,30H,17-18H2,(H,29,31). The number of sulfonamides is 1. The van der Waals surface area contributed by atoms with Crippen molar-refractivity contribution in [3.63, 3.8) is 0 Å². The molecule has 35 heavy (non-hydrogen) atoms. The topological polar surface area (TPSA) is 97.4 Å². The van der Waals surface area contributed by atoms with Crippen molar-refractivity contribution in [2.75, 3.05) is 4.72 Å².